The fourth-order valence-electron chi connectivity index (χ4n) is 1.78. The normalized spacial score (nSPS) is 12.8. The molecule has 0 bridgehead atoms. The maximum absolute atomic E-state index is 3.34. The molecule has 1 nitrogen and oxygen atoms in total. The number of hydrogen-bond acceptors (Lipinski definition) is 1. The second-order valence-electron chi connectivity index (χ2n) is 3.30. The van der Waals surface area contributed by atoms with E-state index in [4.69, 9.17) is 0 Å². The van der Waals surface area contributed by atoms with E-state index in [-0.39, 0.29) is 0 Å². The van der Waals surface area contributed by atoms with Crippen LogP contribution in [0, 0.1) is 0 Å². The van der Waals surface area contributed by atoms with Crippen molar-refractivity contribution in [2.75, 3.05) is 7.05 Å². The van der Waals surface area contributed by atoms with Gasteiger partial charge >= 0.3 is 0 Å². The highest BCUT2D eigenvalue weighted by atomic mass is 14.9. The molecular formula is C12H19N. The maximum Gasteiger partial charge on any atom is 0.0317 e. The first-order valence-corrected chi connectivity index (χ1v) is 5.08. The van der Waals surface area contributed by atoms with Crippen LogP contribution >= 0.6 is 0 Å². The Bertz CT molecular complexity index is 251. The van der Waals surface area contributed by atoms with Crippen molar-refractivity contribution in [1.29, 1.82) is 0 Å². The molecule has 72 valence electrons. The van der Waals surface area contributed by atoms with Gasteiger partial charge in [0.1, 0.15) is 0 Å². The Balaban J connectivity index is 2.96. The maximum atomic E-state index is 3.34. The van der Waals surface area contributed by atoms with Gasteiger partial charge in [0.05, 0.1) is 0 Å². The molecule has 0 amide bonds. The molecule has 0 aromatic heterocycles. The summed E-state index contributed by atoms with van der Waals surface area (Å²) in [5.41, 5.74) is 2.92. The first-order chi connectivity index (χ1) is 6.33. The number of aryl methyl sites for hydroxylation is 1. The lowest BCUT2D eigenvalue weighted by Crippen LogP contribution is -2.16. The molecule has 1 rings (SSSR count). The third-order valence-electron chi connectivity index (χ3n) is 2.57. The Morgan fingerprint density at radius 2 is 1.92 bits per heavy atom. The molecule has 0 aliphatic carbocycles. The summed E-state index contributed by atoms with van der Waals surface area (Å²) in [6, 6.07) is 9.19. The van der Waals surface area contributed by atoms with Crippen LogP contribution in [0.3, 0.4) is 0 Å². The van der Waals surface area contributed by atoms with Crippen LogP contribution in [0.1, 0.15) is 37.4 Å². The van der Waals surface area contributed by atoms with Crippen LogP contribution in [0.2, 0.25) is 0 Å². The van der Waals surface area contributed by atoms with Gasteiger partial charge in [0.2, 0.25) is 0 Å². The van der Waals surface area contributed by atoms with Crippen LogP contribution in [0.15, 0.2) is 24.3 Å². The van der Waals surface area contributed by atoms with E-state index in [0.29, 0.717) is 6.04 Å². The quantitative estimate of drug-likeness (QED) is 0.745. The van der Waals surface area contributed by atoms with Gasteiger partial charge < -0.3 is 5.32 Å². The van der Waals surface area contributed by atoms with Crippen molar-refractivity contribution < 1.29 is 0 Å². The van der Waals surface area contributed by atoms with E-state index in [2.05, 4.69) is 43.4 Å². The van der Waals surface area contributed by atoms with Gasteiger partial charge in [0.25, 0.3) is 0 Å². The summed E-state index contributed by atoms with van der Waals surface area (Å²) in [4.78, 5) is 0. The first kappa shape index (κ1) is 10.3. The number of benzene rings is 1. The van der Waals surface area contributed by atoms with Gasteiger partial charge in [0.15, 0.2) is 0 Å². The van der Waals surface area contributed by atoms with Gasteiger partial charge in [-0.2, -0.15) is 0 Å². The van der Waals surface area contributed by atoms with E-state index in [9.17, 15) is 0 Å². The van der Waals surface area contributed by atoms with Crippen LogP contribution in [0.4, 0.5) is 0 Å². The highest BCUT2D eigenvalue weighted by molar-refractivity contribution is 5.29. The van der Waals surface area contributed by atoms with E-state index in [1.165, 1.54) is 11.1 Å². The number of nitrogens with one attached hydrogen (secondary N) is 1. The topological polar surface area (TPSA) is 12.0 Å². The lowest BCUT2D eigenvalue weighted by molar-refractivity contribution is 0.572. The molecule has 0 aliphatic rings. The minimum absolute atomic E-state index is 0.510. The van der Waals surface area contributed by atoms with Crippen LogP contribution in [0.5, 0.6) is 0 Å². The molecule has 0 saturated heterocycles. The molecule has 0 aliphatic heterocycles. The van der Waals surface area contributed by atoms with Gasteiger partial charge in [-0.25, -0.2) is 0 Å². The summed E-state index contributed by atoms with van der Waals surface area (Å²) in [5.74, 6) is 0. The molecule has 1 aromatic rings. The zero-order valence-electron chi connectivity index (χ0n) is 8.80. The monoisotopic (exact) mass is 177 g/mol. The van der Waals surface area contributed by atoms with Gasteiger partial charge in [-0.05, 0) is 31.0 Å². The van der Waals surface area contributed by atoms with Crippen LogP contribution in [0.25, 0.3) is 0 Å². The van der Waals surface area contributed by atoms with Crippen molar-refractivity contribution in [1.82, 2.24) is 5.32 Å². The molecule has 1 aromatic carbocycles. The Kier molecular flexibility index (Phi) is 3.97. The predicted octanol–water partition coefficient (Wildman–Crippen LogP) is 2.92. The van der Waals surface area contributed by atoms with Crippen molar-refractivity contribution >= 4 is 0 Å². The largest absolute Gasteiger partial charge is 0.313 e. The Morgan fingerprint density at radius 1 is 1.23 bits per heavy atom. The summed E-state index contributed by atoms with van der Waals surface area (Å²) in [7, 11) is 2.03. The SMILES string of the molecule is CCc1ccccc1C(CC)NC. The third-order valence-corrected chi connectivity index (χ3v) is 2.57. The average molecular weight is 177 g/mol. The molecule has 0 heterocycles. The van der Waals surface area contributed by atoms with Crippen LogP contribution < -0.4 is 5.32 Å². The minimum Gasteiger partial charge on any atom is -0.313 e. The van der Waals surface area contributed by atoms with E-state index in [0.717, 1.165) is 12.8 Å². The molecule has 0 spiro atoms. The van der Waals surface area contributed by atoms with E-state index in [1.54, 1.807) is 0 Å². The highest BCUT2D eigenvalue weighted by Crippen LogP contribution is 2.20. The second kappa shape index (κ2) is 5.03. The van der Waals surface area contributed by atoms with Crippen molar-refractivity contribution in [3.63, 3.8) is 0 Å². The van der Waals surface area contributed by atoms with E-state index < -0.39 is 0 Å². The van der Waals surface area contributed by atoms with Crippen molar-refractivity contribution in [2.24, 2.45) is 0 Å². The number of hydrogen-bond donors (Lipinski definition) is 1. The zero-order valence-corrected chi connectivity index (χ0v) is 8.80. The molecule has 0 radical (unpaired) electrons. The zero-order chi connectivity index (χ0) is 9.68. The predicted molar refractivity (Wildman–Crippen MR) is 57.9 cm³/mol. The minimum atomic E-state index is 0.510. The van der Waals surface area contributed by atoms with Gasteiger partial charge in [-0.1, -0.05) is 38.1 Å². The number of rotatable bonds is 4. The van der Waals surface area contributed by atoms with Crippen molar-refractivity contribution in [3.8, 4) is 0 Å². The van der Waals surface area contributed by atoms with E-state index >= 15 is 0 Å². The fourth-order valence-corrected chi connectivity index (χ4v) is 1.78. The summed E-state index contributed by atoms with van der Waals surface area (Å²) >= 11 is 0. The van der Waals surface area contributed by atoms with Gasteiger partial charge in [-0.3, -0.25) is 0 Å². The molecule has 1 atom stereocenters. The molecule has 1 N–H and O–H groups in total. The van der Waals surface area contributed by atoms with E-state index in [1.807, 2.05) is 7.05 Å². The average Bonchev–Trinajstić information content (AvgIpc) is 2.20. The van der Waals surface area contributed by atoms with Crippen molar-refractivity contribution in [3.05, 3.63) is 35.4 Å². The molecule has 13 heavy (non-hydrogen) atoms. The third kappa shape index (κ3) is 2.31. The smallest absolute Gasteiger partial charge is 0.0317 e. The van der Waals surface area contributed by atoms with Crippen molar-refractivity contribution in [2.45, 2.75) is 32.7 Å². The Morgan fingerprint density at radius 3 is 2.46 bits per heavy atom. The molecule has 0 fully saturated rings. The summed E-state index contributed by atoms with van der Waals surface area (Å²) in [6.45, 7) is 4.43. The van der Waals surface area contributed by atoms with Gasteiger partial charge in [-0.15, -0.1) is 0 Å². The lowest BCUT2D eigenvalue weighted by Gasteiger charge is -2.17. The first-order valence-electron chi connectivity index (χ1n) is 5.08. The summed E-state index contributed by atoms with van der Waals surface area (Å²) in [6.07, 6.45) is 2.27. The molecule has 1 unspecified atom stereocenters. The standard InChI is InChI=1S/C12H19N/c1-4-10-8-6-7-9-11(10)12(5-2)13-3/h6-9,12-13H,4-5H2,1-3H3. The highest BCUT2D eigenvalue weighted by Gasteiger charge is 2.08. The van der Waals surface area contributed by atoms with Gasteiger partial charge in [0, 0.05) is 6.04 Å². The fraction of sp³-hybridized carbons (Fsp3) is 0.500. The Labute approximate surface area is 81.2 Å². The van der Waals surface area contributed by atoms with Crippen LogP contribution in [-0.4, -0.2) is 7.05 Å². The molecular weight excluding hydrogens is 158 g/mol. The summed E-state index contributed by atoms with van der Waals surface area (Å²) in [5, 5.41) is 3.34. The molecule has 0 saturated carbocycles. The lowest BCUT2D eigenvalue weighted by atomic mass is 9.97. The Hall–Kier alpha value is -0.820. The molecule has 1 heteroatoms. The second-order valence-corrected chi connectivity index (χ2v) is 3.30. The van der Waals surface area contributed by atoms with Crippen LogP contribution in [-0.2, 0) is 6.42 Å². The summed E-state index contributed by atoms with van der Waals surface area (Å²) < 4.78 is 0.